The minimum absolute atomic E-state index is 0.793. The van der Waals surface area contributed by atoms with Crippen molar-refractivity contribution in [2.45, 2.75) is 0 Å². The van der Waals surface area contributed by atoms with Gasteiger partial charge in [0, 0.05) is 55.0 Å². The Morgan fingerprint density at radius 2 is 1.89 bits per heavy atom. The van der Waals surface area contributed by atoms with Crippen LogP contribution in [0.1, 0.15) is 0 Å². The lowest BCUT2D eigenvalue weighted by atomic mass is 10.1. The Labute approximate surface area is 113 Å². The van der Waals surface area contributed by atoms with Crippen molar-refractivity contribution in [3.63, 3.8) is 0 Å². The molecular weight excluding hydrogens is 238 g/mol. The second-order valence-electron chi connectivity index (χ2n) is 5.03. The number of likely N-dealkylation sites (N-methyl/N-ethyl adjacent to an activating group) is 1. The largest absolute Gasteiger partial charge is 0.398 e. The summed E-state index contributed by atoms with van der Waals surface area (Å²) < 4.78 is 0. The molecule has 0 radical (unpaired) electrons. The van der Waals surface area contributed by atoms with Crippen molar-refractivity contribution in [2.75, 3.05) is 44.4 Å². The average molecular weight is 257 g/mol. The van der Waals surface area contributed by atoms with Gasteiger partial charge in [0.15, 0.2) is 0 Å². The molecule has 1 aromatic carbocycles. The molecule has 100 valence electrons. The Hall–Kier alpha value is -1.85. The van der Waals surface area contributed by atoms with Crippen LogP contribution >= 0.6 is 0 Å². The molecule has 1 saturated heterocycles. The Bertz CT molecular complexity index is 575. The van der Waals surface area contributed by atoms with Gasteiger partial charge in [0.25, 0.3) is 0 Å². The maximum absolute atomic E-state index is 6.00. The molecule has 1 fully saturated rings. The number of fused-ring (bicyclic) bond motifs is 1. The second kappa shape index (κ2) is 5.03. The third-order valence-corrected chi connectivity index (χ3v) is 3.63. The van der Waals surface area contributed by atoms with E-state index in [1.807, 2.05) is 24.4 Å². The van der Waals surface area contributed by atoms with E-state index in [1.54, 1.807) is 6.20 Å². The SMILES string of the molecule is CN1CCN(Nc2ccc(N)c3ccncc23)CC1. The lowest BCUT2D eigenvalue weighted by Crippen LogP contribution is -2.46. The van der Waals surface area contributed by atoms with E-state index in [1.165, 1.54) is 0 Å². The van der Waals surface area contributed by atoms with Gasteiger partial charge in [-0.3, -0.25) is 4.98 Å². The summed E-state index contributed by atoms with van der Waals surface area (Å²) in [4.78, 5) is 6.53. The molecule has 0 amide bonds. The zero-order valence-corrected chi connectivity index (χ0v) is 11.1. The lowest BCUT2D eigenvalue weighted by molar-refractivity contribution is 0.179. The number of nitrogens with zero attached hydrogens (tertiary/aromatic N) is 3. The van der Waals surface area contributed by atoms with E-state index in [0.29, 0.717) is 0 Å². The van der Waals surface area contributed by atoms with Gasteiger partial charge in [0.05, 0.1) is 5.69 Å². The fourth-order valence-electron chi connectivity index (χ4n) is 2.40. The van der Waals surface area contributed by atoms with Crippen molar-refractivity contribution in [1.29, 1.82) is 0 Å². The fourth-order valence-corrected chi connectivity index (χ4v) is 2.40. The molecule has 5 nitrogen and oxygen atoms in total. The molecule has 19 heavy (non-hydrogen) atoms. The minimum Gasteiger partial charge on any atom is -0.398 e. The topological polar surface area (TPSA) is 57.4 Å². The lowest BCUT2D eigenvalue weighted by Gasteiger charge is -2.33. The monoisotopic (exact) mass is 257 g/mol. The smallest absolute Gasteiger partial charge is 0.0585 e. The number of aromatic nitrogens is 1. The highest BCUT2D eigenvalue weighted by Gasteiger charge is 2.14. The molecule has 2 heterocycles. The predicted octanol–water partition coefficient (Wildman–Crippen LogP) is 1.39. The van der Waals surface area contributed by atoms with Crippen molar-refractivity contribution in [3.8, 4) is 0 Å². The number of rotatable bonds is 2. The zero-order chi connectivity index (χ0) is 13.2. The number of piperazine rings is 1. The first-order valence-electron chi connectivity index (χ1n) is 6.56. The Kier molecular flexibility index (Phi) is 3.23. The summed E-state index contributed by atoms with van der Waals surface area (Å²) in [6, 6.07) is 5.93. The van der Waals surface area contributed by atoms with E-state index in [4.69, 9.17) is 5.73 Å². The summed E-state index contributed by atoms with van der Waals surface area (Å²) in [7, 11) is 2.15. The molecule has 2 aromatic rings. The predicted molar refractivity (Wildman–Crippen MR) is 78.8 cm³/mol. The molecule has 1 aromatic heterocycles. The fraction of sp³-hybridized carbons (Fsp3) is 0.357. The van der Waals surface area contributed by atoms with Crippen LogP contribution in [0.4, 0.5) is 11.4 Å². The van der Waals surface area contributed by atoms with Crippen LogP contribution in [-0.4, -0.2) is 48.1 Å². The number of nitrogen functional groups attached to an aromatic ring is 1. The molecule has 5 heteroatoms. The quantitative estimate of drug-likeness (QED) is 0.796. The first kappa shape index (κ1) is 12.2. The number of benzene rings is 1. The molecule has 1 aliphatic heterocycles. The number of pyridine rings is 1. The van der Waals surface area contributed by atoms with Crippen LogP contribution in [0.15, 0.2) is 30.6 Å². The van der Waals surface area contributed by atoms with Gasteiger partial charge in [-0.05, 0) is 25.2 Å². The number of hydrogen-bond donors (Lipinski definition) is 2. The first-order valence-corrected chi connectivity index (χ1v) is 6.56. The molecule has 3 rings (SSSR count). The van der Waals surface area contributed by atoms with Crippen LogP contribution in [0.3, 0.4) is 0 Å². The minimum atomic E-state index is 0.793. The van der Waals surface area contributed by atoms with Crippen LogP contribution in [0, 0.1) is 0 Å². The highest BCUT2D eigenvalue weighted by atomic mass is 15.5. The molecule has 3 N–H and O–H groups in total. The zero-order valence-electron chi connectivity index (χ0n) is 11.1. The van der Waals surface area contributed by atoms with E-state index >= 15 is 0 Å². The van der Waals surface area contributed by atoms with E-state index in [-0.39, 0.29) is 0 Å². The maximum Gasteiger partial charge on any atom is 0.0585 e. The number of nitrogens with one attached hydrogen (secondary N) is 1. The average Bonchev–Trinajstić information content (AvgIpc) is 2.45. The van der Waals surface area contributed by atoms with Crippen LogP contribution in [0.5, 0.6) is 0 Å². The third kappa shape index (κ3) is 2.47. The molecule has 0 unspecified atom stereocenters. The molecule has 0 atom stereocenters. The second-order valence-corrected chi connectivity index (χ2v) is 5.03. The Morgan fingerprint density at radius 3 is 2.68 bits per heavy atom. The summed E-state index contributed by atoms with van der Waals surface area (Å²) >= 11 is 0. The van der Waals surface area contributed by atoms with Crippen molar-refractivity contribution in [2.24, 2.45) is 0 Å². The Morgan fingerprint density at radius 1 is 1.11 bits per heavy atom. The van der Waals surface area contributed by atoms with Crippen molar-refractivity contribution in [3.05, 3.63) is 30.6 Å². The number of nitrogens with two attached hydrogens (primary N) is 1. The summed E-state index contributed by atoms with van der Waals surface area (Å²) in [6.07, 6.45) is 3.64. The molecule has 0 spiro atoms. The van der Waals surface area contributed by atoms with E-state index in [2.05, 4.69) is 27.4 Å². The number of hydrogen-bond acceptors (Lipinski definition) is 5. The molecule has 0 saturated carbocycles. The van der Waals surface area contributed by atoms with E-state index < -0.39 is 0 Å². The highest BCUT2D eigenvalue weighted by Crippen LogP contribution is 2.27. The molecule has 0 aliphatic carbocycles. The third-order valence-electron chi connectivity index (χ3n) is 3.63. The van der Waals surface area contributed by atoms with Gasteiger partial charge in [-0.15, -0.1) is 0 Å². The molecule has 1 aliphatic rings. The van der Waals surface area contributed by atoms with Gasteiger partial charge in [0.2, 0.25) is 0 Å². The van der Waals surface area contributed by atoms with Gasteiger partial charge >= 0.3 is 0 Å². The standard InChI is InChI=1S/C14H19N5/c1-18-6-8-19(9-7-18)17-14-3-2-13(15)11-4-5-16-10-12(11)14/h2-5,10,17H,6-9,15H2,1H3. The maximum atomic E-state index is 6.00. The van der Waals surface area contributed by atoms with Gasteiger partial charge in [-0.1, -0.05) is 0 Å². The van der Waals surface area contributed by atoms with Crippen LogP contribution in [0.2, 0.25) is 0 Å². The highest BCUT2D eigenvalue weighted by molar-refractivity contribution is 6.00. The summed E-state index contributed by atoms with van der Waals surface area (Å²) in [6.45, 7) is 4.20. The van der Waals surface area contributed by atoms with Crippen molar-refractivity contribution < 1.29 is 0 Å². The van der Waals surface area contributed by atoms with Crippen LogP contribution in [0.25, 0.3) is 10.8 Å². The van der Waals surface area contributed by atoms with E-state index in [0.717, 1.165) is 48.3 Å². The normalized spacial score (nSPS) is 17.7. The molecular formula is C14H19N5. The van der Waals surface area contributed by atoms with Crippen LogP contribution < -0.4 is 11.2 Å². The number of anilines is 2. The van der Waals surface area contributed by atoms with Gasteiger partial charge < -0.3 is 16.1 Å². The van der Waals surface area contributed by atoms with Crippen molar-refractivity contribution >= 4 is 22.1 Å². The summed E-state index contributed by atoms with van der Waals surface area (Å²) in [5, 5.41) is 4.37. The molecule has 0 bridgehead atoms. The van der Waals surface area contributed by atoms with Gasteiger partial charge in [0.1, 0.15) is 0 Å². The van der Waals surface area contributed by atoms with Crippen LogP contribution in [-0.2, 0) is 0 Å². The van der Waals surface area contributed by atoms with Gasteiger partial charge in [-0.2, -0.15) is 0 Å². The summed E-state index contributed by atoms with van der Waals surface area (Å²) in [5.41, 5.74) is 11.3. The first-order chi connectivity index (χ1) is 9.24. The van der Waals surface area contributed by atoms with Gasteiger partial charge in [-0.25, -0.2) is 5.01 Å². The van der Waals surface area contributed by atoms with Crippen molar-refractivity contribution in [1.82, 2.24) is 14.9 Å². The Balaban J connectivity index is 1.87. The van der Waals surface area contributed by atoms with E-state index in [9.17, 15) is 0 Å². The number of hydrazine groups is 1. The summed E-state index contributed by atoms with van der Waals surface area (Å²) in [5.74, 6) is 0.